The Balaban J connectivity index is 1.77. The summed E-state index contributed by atoms with van der Waals surface area (Å²) in [7, 11) is 0. The molecule has 70 valence electrons. The van der Waals surface area contributed by atoms with Crippen molar-refractivity contribution in [3.63, 3.8) is 0 Å². The second-order valence-corrected chi connectivity index (χ2v) is 4.14. The average molecular weight is 169 g/mol. The Morgan fingerprint density at radius 2 is 1.83 bits per heavy atom. The van der Waals surface area contributed by atoms with Gasteiger partial charge in [0, 0.05) is 25.2 Å². The monoisotopic (exact) mass is 169 g/mol. The molecule has 1 saturated heterocycles. The minimum atomic E-state index is 0.303. The van der Waals surface area contributed by atoms with Crippen molar-refractivity contribution in [3.05, 3.63) is 0 Å². The molecule has 1 saturated carbocycles. The molecule has 1 aliphatic heterocycles. The van der Waals surface area contributed by atoms with Crippen LogP contribution in [0.1, 0.15) is 32.1 Å². The molecule has 1 aliphatic carbocycles. The molecule has 0 aromatic rings. The number of hydrogen-bond acceptors (Lipinski definition) is 3. The van der Waals surface area contributed by atoms with Crippen LogP contribution >= 0.6 is 0 Å². The van der Waals surface area contributed by atoms with Crippen molar-refractivity contribution in [2.45, 2.75) is 37.6 Å². The van der Waals surface area contributed by atoms with Gasteiger partial charge in [-0.15, -0.1) is 0 Å². The fourth-order valence-corrected chi connectivity index (χ4v) is 1.85. The van der Waals surface area contributed by atoms with Gasteiger partial charge < -0.3 is 5.73 Å². The van der Waals surface area contributed by atoms with Crippen LogP contribution in [0, 0.1) is 0 Å². The predicted octanol–water partition coefficient (Wildman–Crippen LogP) is 0.468. The van der Waals surface area contributed by atoms with E-state index in [4.69, 9.17) is 5.73 Å². The van der Waals surface area contributed by atoms with Crippen molar-refractivity contribution in [2.75, 3.05) is 19.6 Å². The van der Waals surface area contributed by atoms with Gasteiger partial charge in [-0.05, 0) is 25.7 Å². The fraction of sp³-hybridized carbons (Fsp3) is 1.00. The zero-order valence-electron chi connectivity index (χ0n) is 7.68. The minimum absolute atomic E-state index is 0.303. The third-order valence-electron chi connectivity index (χ3n) is 3.00. The number of piperidine rings is 1. The quantitative estimate of drug-likeness (QED) is 0.645. The van der Waals surface area contributed by atoms with Crippen LogP contribution in [0.15, 0.2) is 0 Å². The second-order valence-electron chi connectivity index (χ2n) is 4.14. The summed E-state index contributed by atoms with van der Waals surface area (Å²) >= 11 is 0. The maximum absolute atomic E-state index is 5.70. The van der Waals surface area contributed by atoms with Crippen molar-refractivity contribution < 1.29 is 0 Å². The van der Waals surface area contributed by atoms with Gasteiger partial charge in [0.2, 0.25) is 0 Å². The van der Waals surface area contributed by atoms with Crippen molar-refractivity contribution in [3.8, 4) is 0 Å². The van der Waals surface area contributed by atoms with Crippen LogP contribution in [0.4, 0.5) is 0 Å². The van der Waals surface area contributed by atoms with Crippen LogP contribution in [-0.4, -0.2) is 30.2 Å². The number of hydrazine groups is 1. The molecule has 2 aliphatic rings. The summed E-state index contributed by atoms with van der Waals surface area (Å²) < 4.78 is 0. The van der Waals surface area contributed by atoms with Crippen molar-refractivity contribution >= 4 is 0 Å². The standard InChI is InChI=1S/C9H19N3/c10-8-9(4-5-9)11-12-6-2-1-3-7-12/h11H,1-8,10H2. The molecule has 0 atom stereocenters. The van der Waals surface area contributed by atoms with E-state index < -0.39 is 0 Å². The Morgan fingerprint density at radius 1 is 1.17 bits per heavy atom. The van der Waals surface area contributed by atoms with Crippen molar-refractivity contribution in [1.29, 1.82) is 0 Å². The summed E-state index contributed by atoms with van der Waals surface area (Å²) in [6, 6.07) is 0. The summed E-state index contributed by atoms with van der Waals surface area (Å²) in [4.78, 5) is 0. The molecular weight excluding hydrogens is 150 g/mol. The maximum atomic E-state index is 5.70. The molecule has 0 aromatic heterocycles. The molecule has 0 amide bonds. The Labute approximate surface area is 74.3 Å². The van der Waals surface area contributed by atoms with Gasteiger partial charge in [0.1, 0.15) is 0 Å². The second kappa shape index (κ2) is 3.32. The van der Waals surface area contributed by atoms with Gasteiger partial charge in [0.15, 0.2) is 0 Å². The smallest absolute Gasteiger partial charge is 0.0449 e. The van der Waals surface area contributed by atoms with Gasteiger partial charge in [-0.1, -0.05) is 6.42 Å². The number of nitrogens with one attached hydrogen (secondary N) is 1. The molecule has 3 heteroatoms. The normalized spacial score (nSPS) is 28.8. The van der Waals surface area contributed by atoms with E-state index in [0.717, 1.165) is 6.54 Å². The first-order valence-corrected chi connectivity index (χ1v) is 5.07. The third kappa shape index (κ3) is 1.79. The molecule has 2 rings (SSSR count). The lowest BCUT2D eigenvalue weighted by molar-refractivity contribution is 0.122. The molecule has 0 spiro atoms. The number of rotatable bonds is 3. The van der Waals surface area contributed by atoms with Gasteiger partial charge in [0.25, 0.3) is 0 Å². The molecule has 3 N–H and O–H groups in total. The zero-order chi connectivity index (χ0) is 8.44. The van der Waals surface area contributed by atoms with Gasteiger partial charge in [-0.2, -0.15) is 0 Å². The summed E-state index contributed by atoms with van der Waals surface area (Å²) in [6.45, 7) is 3.22. The minimum Gasteiger partial charge on any atom is -0.329 e. The Bertz CT molecular complexity index is 148. The van der Waals surface area contributed by atoms with Crippen LogP contribution in [0.3, 0.4) is 0 Å². The first-order valence-electron chi connectivity index (χ1n) is 5.07. The highest BCUT2D eigenvalue weighted by Crippen LogP contribution is 2.34. The molecule has 0 unspecified atom stereocenters. The van der Waals surface area contributed by atoms with Gasteiger partial charge in [-0.25, -0.2) is 10.4 Å². The molecule has 0 bridgehead atoms. The van der Waals surface area contributed by atoms with E-state index in [1.807, 2.05) is 0 Å². The van der Waals surface area contributed by atoms with E-state index in [1.54, 1.807) is 0 Å². The highest BCUT2D eigenvalue weighted by molar-refractivity contribution is 5.02. The lowest BCUT2D eigenvalue weighted by atomic mass is 10.1. The van der Waals surface area contributed by atoms with Crippen LogP contribution in [0.5, 0.6) is 0 Å². The van der Waals surface area contributed by atoms with Crippen molar-refractivity contribution in [2.24, 2.45) is 5.73 Å². The van der Waals surface area contributed by atoms with E-state index in [1.165, 1.54) is 45.2 Å². The number of hydrogen-bond donors (Lipinski definition) is 2. The van der Waals surface area contributed by atoms with E-state index in [0.29, 0.717) is 5.54 Å². The Hall–Kier alpha value is -0.120. The summed E-state index contributed by atoms with van der Waals surface area (Å²) in [6.07, 6.45) is 6.61. The topological polar surface area (TPSA) is 41.3 Å². The molecule has 0 aromatic carbocycles. The largest absolute Gasteiger partial charge is 0.329 e. The number of nitrogens with zero attached hydrogens (tertiary/aromatic N) is 1. The van der Waals surface area contributed by atoms with Crippen molar-refractivity contribution in [1.82, 2.24) is 10.4 Å². The van der Waals surface area contributed by atoms with Gasteiger partial charge in [-0.3, -0.25) is 0 Å². The highest BCUT2D eigenvalue weighted by Gasteiger charge is 2.42. The lowest BCUT2D eigenvalue weighted by Gasteiger charge is -2.31. The first-order chi connectivity index (χ1) is 5.85. The Morgan fingerprint density at radius 3 is 2.33 bits per heavy atom. The summed E-state index contributed by atoms with van der Waals surface area (Å²) in [5.41, 5.74) is 9.56. The fourth-order valence-electron chi connectivity index (χ4n) is 1.85. The average Bonchev–Trinajstić information content (AvgIpc) is 2.88. The van der Waals surface area contributed by atoms with Gasteiger partial charge in [0.05, 0.1) is 0 Å². The molecule has 0 radical (unpaired) electrons. The van der Waals surface area contributed by atoms with E-state index in [-0.39, 0.29) is 0 Å². The van der Waals surface area contributed by atoms with Crippen LogP contribution in [-0.2, 0) is 0 Å². The van der Waals surface area contributed by atoms with Crippen LogP contribution in [0.25, 0.3) is 0 Å². The van der Waals surface area contributed by atoms with Gasteiger partial charge >= 0.3 is 0 Å². The molecular formula is C9H19N3. The maximum Gasteiger partial charge on any atom is 0.0449 e. The summed E-state index contributed by atoms with van der Waals surface area (Å²) in [5.74, 6) is 0. The highest BCUT2D eigenvalue weighted by atomic mass is 15.5. The van der Waals surface area contributed by atoms with E-state index in [9.17, 15) is 0 Å². The zero-order valence-corrected chi connectivity index (χ0v) is 7.68. The number of nitrogens with two attached hydrogens (primary N) is 1. The molecule has 12 heavy (non-hydrogen) atoms. The lowest BCUT2D eigenvalue weighted by Crippen LogP contribution is -2.51. The third-order valence-corrected chi connectivity index (χ3v) is 3.00. The predicted molar refractivity (Wildman–Crippen MR) is 49.6 cm³/mol. The van der Waals surface area contributed by atoms with E-state index in [2.05, 4.69) is 10.4 Å². The molecule has 1 heterocycles. The molecule has 2 fully saturated rings. The summed E-state index contributed by atoms with van der Waals surface area (Å²) in [5, 5.41) is 2.36. The van der Waals surface area contributed by atoms with Crippen LogP contribution in [0.2, 0.25) is 0 Å². The first kappa shape index (κ1) is 8.48. The van der Waals surface area contributed by atoms with E-state index >= 15 is 0 Å². The molecule has 3 nitrogen and oxygen atoms in total. The SMILES string of the molecule is NCC1(NN2CCCCC2)CC1. The van der Waals surface area contributed by atoms with Crippen LogP contribution < -0.4 is 11.2 Å². The Kier molecular flexibility index (Phi) is 2.35.